The van der Waals surface area contributed by atoms with E-state index >= 15 is 0 Å². The van der Waals surface area contributed by atoms with E-state index in [1.807, 2.05) is 12.4 Å². The first-order valence-electron chi connectivity index (χ1n) is 8.38. The van der Waals surface area contributed by atoms with Crippen molar-refractivity contribution in [2.24, 2.45) is 5.92 Å². The van der Waals surface area contributed by atoms with Crippen LogP contribution in [0.5, 0.6) is 0 Å². The Morgan fingerprint density at radius 2 is 1.95 bits per heavy atom. The Bertz CT molecular complexity index is 567. The molecule has 0 saturated heterocycles. The SMILES string of the molecule is CNC(CCC1CCCCC1)c1cncc2ccccc12. The van der Waals surface area contributed by atoms with E-state index < -0.39 is 0 Å². The predicted octanol–water partition coefficient (Wildman–Crippen LogP) is 4.86. The zero-order chi connectivity index (χ0) is 14.5. The van der Waals surface area contributed by atoms with Gasteiger partial charge in [-0.05, 0) is 36.8 Å². The molecule has 0 radical (unpaired) electrons. The first-order valence-corrected chi connectivity index (χ1v) is 8.38. The van der Waals surface area contributed by atoms with Gasteiger partial charge < -0.3 is 5.32 Å². The Kier molecular flexibility index (Phi) is 4.87. The highest BCUT2D eigenvalue weighted by molar-refractivity contribution is 5.85. The summed E-state index contributed by atoms with van der Waals surface area (Å²) in [6.45, 7) is 0. The minimum absolute atomic E-state index is 0.422. The topological polar surface area (TPSA) is 24.9 Å². The van der Waals surface area contributed by atoms with Gasteiger partial charge in [0.05, 0.1) is 0 Å². The molecule has 0 amide bonds. The van der Waals surface area contributed by atoms with Gasteiger partial charge in [0, 0.05) is 23.8 Å². The van der Waals surface area contributed by atoms with E-state index in [-0.39, 0.29) is 0 Å². The monoisotopic (exact) mass is 282 g/mol. The van der Waals surface area contributed by atoms with Gasteiger partial charge in [0.2, 0.25) is 0 Å². The molecule has 0 aliphatic heterocycles. The van der Waals surface area contributed by atoms with Crippen molar-refractivity contribution < 1.29 is 0 Å². The number of hydrogen-bond acceptors (Lipinski definition) is 2. The third-order valence-corrected chi connectivity index (χ3v) is 5.01. The Labute approximate surface area is 128 Å². The summed E-state index contributed by atoms with van der Waals surface area (Å²) < 4.78 is 0. The number of fused-ring (bicyclic) bond motifs is 1. The molecule has 1 unspecified atom stereocenters. The number of pyridine rings is 1. The van der Waals surface area contributed by atoms with Gasteiger partial charge in [0.15, 0.2) is 0 Å². The van der Waals surface area contributed by atoms with Crippen molar-refractivity contribution in [3.8, 4) is 0 Å². The number of nitrogens with one attached hydrogen (secondary N) is 1. The van der Waals surface area contributed by atoms with Crippen LogP contribution in [0.15, 0.2) is 36.7 Å². The lowest BCUT2D eigenvalue weighted by atomic mass is 9.84. The fraction of sp³-hybridized carbons (Fsp3) is 0.526. The van der Waals surface area contributed by atoms with E-state index in [1.54, 1.807) is 0 Å². The van der Waals surface area contributed by atoms with E-state index in [4.69, 9.17) is 0 Å². The van der Waals surface area contributed by atoms with Crippen molar-refractivity contribution in [3.05, 3.63) is 42.2 Å². The van der Waals surface area contributed by atoms with Crippen LogP contribution in [0.25, 0.3) is 10.8 Å². The molecule has 1 aliphatic rings. The van der Waals surface area contributed by atoms with Gasteiger partial charge in [-0.2, -0.15) is 0 Å². The molecule has 1 fully saturated rings. The van der Waals surface area contributed by atoms with Crippen LogP contribution in [0.4, 0.5) is 0 Å². The number of rotatable bonds is 5. The third-order valence-electron chi connectivity index (χ3n) is 5.01. The number of aromatic nitrogens is 1. The zero-order valence-electron chi connectivity index (χ0n) is 13.0. The number of nitrogens with zero attached hydrogens (tertiary/aromatic N) is 1. The second-order valence-corrected chi connectivity index (χ2v) is 6.37. The molecule has 1 N–H and O–H groups in total. The summed E-state index contributed by atoms with van der Waals surface area (Å²) in [6.07, 6.45) is 13.8. The summed E-state index contributed by atoms with van der Waals surface area (Å²) in [5.74, 6) is 0.942. The van der Waals surface area contributed by atoms with Gasteiger partial charge in [-0.1, -0.05) is 56.4 Å². The van der Waals surface area contributed by atoms with Crippen LogP contribution in [-0.2, 0) is 0 Å². The molecule has 1 heterocycles. The standard InChI is InChI=1S/C19H26N2/c1-20-19(12-11-15-7-3-2-4-8-15)18-14-21-13-16-9-5-6-10-17(16)18/h5-6,9-10,13-15,19-20H,2-4,7-8,11-12H2,1H3. The smallest absolute Gasteiger partial charge is 0.0346 e. The minimum Gasteiger partial charge on any atom is -0.313 e. The first-order chi connectivity index (χ1) is 10.4. The quantitative estimate of drug-likeness (QED) is 0.847. The lowest BCUT2D eigenvalue weighted by Crippen LogP contribution is -2.19. The minimum atomic E-state index is 0.422. The molecule has 2 aromatic rings. The molecule has 2 nitrogen and oxygen atoms in total. The molecule has 1 aliphatic carbocycles. The molecule has 0 spiro atoms. The van der Waals surface area contributed by atoms with Gasteiger partial charge in [-0.15, -0.1) is 0 Å². The Hall–Kier alpha value is -1.41. The molecular formula is C19H26N2. The summed E-state index contributed by atoms with van der Waals surface area (Å²) in [5.41, 5.74) is 1.35. The van der Waals surface area contributed by atoms with Crippen molar-refractivity contribution in [2.45, 2.75) is 51.0 Å². The number of benzene rings is 1. The van der Waals surface area contributed by atoms with Gasteiger partial charge in [-0.25, -0.2) is 0 Å². The van der Waals surface area contributed by atoms with Crippen molar-refractivity contribution in [3.63, 3.8) is 0 Å². The summed E-state index contributed by atoms with van der Waals surface area (Å²) >= 11 is 0. The highest BCUT2D eigenvalue weighted by atomic mass is 14.9. The first kappa shape index (κ1) is 14.5. The van der Waals surface area contributed by atoms with Crippen molar-refractivity contribution >= 4 is 10.8 Å². The Morgan fingerprint density at radius 3 is 2.76 bits per heavy atom. The van der Waals surface area contributed by atoms with Crippen LogP contribution in [0.3, 0.4) is 0 Å². The van der Waals surface area contributed by atoms with E-state index in [9.17, 15) is 0 Å². The van der Waals surface area contributed by atoms with Gasteiger partial charge >= 0.3 is 0 Å². The fourth-order valence-electron chi connectivity index (χ4n) is 3.75. The lowest BCUT2D eigenvalue weighted by molar-refractivity contribution is 0.317. The molecule has 1 saturated carbocycles. The molecule has 2 heteroatoms. The molecule has 1 aromatic carbocycles. The van der Waals surface area contributed by atoms with E-state index in [0.29, 0.717) is 6.04 Å². The van der Waals surface area contributed by atoms with Crippen LogP contribution in [-0.4, -0.2) is 12.0 Å². The summed E-state index contributed by atoms with van der Waals surface area (Å²) in [4.78, 5) is 4.44. The maximum atomic E-state index is 4.44. The van der Waals surface area contributed by atoms with Crippen LogP contribution in [0.2, 0.25) is 0 Å². The maximum Gasteiger partial charge on any atom is 0.0346 e. The average Bonchev–Trinajstić information content (AvgIpc) is 2.56. The molecule has 1 atom stereocenters. The Balaban J connectivity index is 1.75. The summed E-state index contributed by atoms with van der Waals surface area (Å²) in [6, 6.07) is 9.01. The highest BCUT2D eigenvalue weighted by Gasteiger charge is 2.18. The van der Waals surface area contributed by atoms with Crippen LogP contribution < -0.4 is 5.32 Å². The van der Waals surface area contributed by atoms with Crippen molar-refractivity contribution in [2.75, 3.05) is 7.05 Å². The van der Waals surface area contributed by atoms with E-state index in [1.165, 1.54) is 61.3 Å². The molecule has 0 bridgehead atoms. The summed E-state index contributed by atoms with van der Waals surface area (Å²) in [7, 11) is 2.08. The maximum absolute atomic E-state index is 4.44. The zero-order valence-corrected chi connectivity index (χ0v) is 13.0. The average molecular weight is 282 g/mol. The largest absolute Gasteiger partial charge is 0.313 e. The van der Waals surface area contributed by atoms with Crippen LogP contribution >= 0.6 is 0 Å². The Morgan fingerprint density at radius 1 is 1.14 bits per heavy atom. The third kappa shape index (κ3) is 3.44. The fourth-order valence-corrected chi connectivity index (χ4v) is 3.75. The van der Waals surface area contributed by atoms with Gasteiger partial charge in [-0.3, -0.25) is 4.98 Å². The van der Waals surface area contributed by atoms with Crippen molar-refractivity contribution in [1.82, 2.24) is 10.3 Å². The lowest BCUT2D eigenvalue weighted by Gasteiger charge is -2.24. The molecular weight excluding hydrogens is 256 g/mol. The van der Waals surface area contributed by atoms with Gasteiger partial charge in [0.25, 0.3) is 0 Å². The van der Waals surface area contributed by atoms with Crippen LogP contribution in [0.1, 0.15) is 56.6 Å². The predicted molar refractivity (Wildman–Crippen MR) is 89.4 cm³/mol. The van der Waals surface area contributed by atoms with E-state index in [2.05, 4.69) is 41.6 Å². The molecule has 21 heavy (non-hydrogen) atoms. The number of hydrogen-bond donors (Lipinski definition) is 1. The van der Waals surface area contributed by atoms with Gasteiger partial charge in [0.1, 0.15) is 0 Å². The molecule has 112 valence electrons. The summed E-state index contributed by atoms with van der Waals surface area (Å²) in [5, 5.41) is 6.10. The second kappa shape index (κ2) is 7.04. The highest BCUT2D eigenvalue weighted by Crippen LogP contribution is 2.32. The van der Waals surface area contributed by atoms with E-state index in [0.717, 1.165) is 5.92 Å². The normalized spacial score (nSPS) is 18.0. The molecule has 1 aromatic heterocycles. The second-order valence-electron chi connectivity index (χ2n) is 6.37. The molecule has 3 rings (SSSR count). The van der Waals surface area contributed by atoms with Crippen molar-refractivity contribution in [1.29, 1.82) is 0 Å². The van der Waals surface area contributed by atoms with Crippen LogP contribution in [0, 0.1) is 5.92 Å².